The Balaban J connectivity index is 2.31. The molecule has 5 heteroatoms. The summed E-state index contributed by atoms with van der Waals surface area (Å²) in [5, 5.41) is 3.04. The molecular formula is C13H18F2N2O. The average molecular weight is 256 g/mol. The van der Waals surface area contributed by atoms with Crippen LogP contribution in [0, 0.1) is 11.6 Å². The van der Waals surface area contributed by atoms with Gasteiger partial charge in [-0.15, -0.1) is 0 Å². The second-order valence-electron chi connectivity index (χ2n) is 4.56. The molecule has 2 unspecified atom stereocenters. The summed E-state index contributed by atoms with van der Waals surface area (Å²) in [6, 6.07) is 3.53. The van der Waals surface area contributed by atoms with E-state index in [1.54, 1.807) is 0 Å². The highest BCUT2D eigenvalue weighted by atomic mass is 19.1. The van der Waals surface area contributed by atoms with E-state index in [4.69, 9.17) is 4.74 Å². The van der Waals surface area contributed by atoms with Gasteiger partial charge in [0.05, 0.1) is 18.8 Å². The molecule has 1 aromatic rings. The van der Waals surface area contributed by atoms with Crippen LogP contribution in [-0.2, 0) is 4.74 Å². The van der Waals surface area contributed by atoms with Crippen molar-refractivity contribution in [3.05, 3.63) is 35.4 Å². The number of rotatable bonds is 3. The Morgan fingerprint density at radius 3 is 2.89 bits per heavy atom. The van der Waals surface area contributed by atoms with E-state index in [1.807, 2.05) is 19.0 Å². The van der Waals surface area contributed by atoms with Crippen LogP contribution in [0.2, 0.25) is 0 Å². The SMILES string of the molecule is CNCC1OCCN(C)C1c1ccc(F)cc1F. The van der Waals surface area contributed by atoms with Crippen molar-refractivity contribution in [3.63, 3.8) is 0 Å². The highest BCUT2D eigenvalue weighted by molar-refractivity contribution is 5.24. The van der Waals surface area contributed by atoms with E-state index >= 15 is 0 Å². The molecule has 3 nitrogen and oxygen atoms in total. The fourth-order valence-corrected chi connectivity index (χ4v) is 2.41. The van der Waals surface area contributed by atoms with Gasteiger partial charge in [0, 0.05) is 24.7 Å². The van der Waals surface area contributed by atoms with Crippen molar-refractivity contribution < 1.29 is 13.5 Å². The lowest BCUT2D eigenvalue weighted by Crippen LogP contribution is -2.47. The van der Waals surface area contributed by atoms with Gasteiger partial charge in [-0.2, -0.15) is 0 Å². The van der Waals surface area contributed by atoms with E-state index in [-0.39, 0.29) is 12.1 Å². The topological polar surface area (TPSA) is 24.5 Å². The first-order valence-corrected chi connectivity index (χ1v) is 6.05. The van der Waals surface area contributed by atoms with Crippen molar-refractivity contribution in [3.8, 4) is 0 Å². The van der Waals surface area contributed by atoms with Crippen LogP contribution in [0.1, 0.15) is 11.6 Å². The van der Waals surface area contributed by atoms with E-state index in [0.717, 1.165) is 12.6 Å². The summed E-state index contributed by atoms with van der Waals surface area (Å²) >= 11 is 0. The van der Waals surface area contributed by atoms with Gasteiger partial charge in [0.15, 0.2) is 0 Å². The van der Waals surface area contributed by atoms with Gasteiger partial charge in [0.25, 0.3) is 0 Å². The largest absolute Gasteiger partial charge is 0.374 e. The van der Waals surface area contributed by atoms with Gasteiger partial charge in [-0.3, -0.25) is 4.90 Å². The summed E-state index contributed by atoms with van der Waals surface area (Å²) in [4.78, 5) is 2.04. The van der Waals surface area contributed by atoms with Crippen molar-refractivity contribution in [2.24, 2.45) is 0 Å². The predicted octanol–water partition coefficient (Wildman–Crippen LogP) is 1.56. The van der Waals surface area contributed by atoms with Gasteiger partial charge in [0.1, 0.15) is 11.6 Å². The van der Waals surface area contributed by atoms with Crippen LogP contribution in [0.4, 0.5) is 8.78 Å². The number of likely N-dealkylation sites (N-methyl/N-ethyl adjacent to an activating group) is 2. The van der Waals surface area contributed by atoms with Crippen LogP contribution >= 0.6 is 0 Å². The van der Waals surface area contributed by atoms with Crippen LogP contribution in [-0.4, -0.2) is 44.8 Å². The molecule has 0 bridgehead atoms. The number of nitrogens with one attached hydrogen (secondary N) is 1. The fraction of sp³-hybridized carbons (Fsp3) is 0.538. The quantitative estimate of drug-likeness (QED) is 0.888. The monoisotopic (exact) mass is 256 g/mol. The second kappa shape index (κ2) is 5.73. The maximum Gasteiger partial charge on any atom is 0.131 e. The number of benzene rings is 1. The van der Waals surface area contributed by atoms with Crippen molar-refractivity contribution in [2.45, 2.75) is 12.1 Å². The van der Waals surface area contributed by atoms with Crippen molar-refractivity contribution >= 4 is 0 Å². The van der Waals surface area contributed by atoms with E-state index < -0.39 is 11.6 Å². The molecule has 18 heavy (non-hydrogen) atoms. The number of morpholine rings is 1. The van der Waals surface area contributed by atoms with E-state index in [2.05, 4.69) is 5.32 Å². The molecule has 1 N–H and O–H groups in total. The first-order valence-electron chi connectivity index (χ1n) is 6.05. The number of halogens is 2. The molecule has 1 saturated heterocycles. The zero-order valence-corrected chi connectivity index (χ0v) is 10.6. The lowest BCUT2D eigenvalue weighted by atomic mass is 9.97. The Morgan fingerprint density at radius 2 is 2.22 bits per heavy atom. The maximum absolute atomic E-state index is 13.9. The molecule has 1 aromatic carbocycles. The summed E-state index contributed by atoms with van der Waals surface area (Å²) < 4.78 is 32.5. The van der Waals surface area contributed by atoms with Crippen LogP contribution in [0.15, 0.2) is 18.2 Å². The van der Waals surface area contributed by atoms with Gasteiger partial charge in [-0.1, -0.05) is 6.07 Å². The molecule has 2 atom stereocenters. The van der Waals surface area contributed by atoms with Crippen LogP contribution < -0.4 is 5.32 Å². The van der Waals surface area contributed by atoms with Gasteiger partial charge >= 0.3 is 0 Å². The summed E-state index contributed by atoms with van der Waals surface area (Å²) in [5.41, 5.74) is 0.485. The summed E-state index contributed by atoms with van der Waals surface area (Å²) in [5.74, 6) is -1.07. The molecule has 1 heterocycles. The minimum Gasteiger partial charge on any atom is -0.374 e. The smallest absolute Gasteiger partial charge is 0.131 e. The molecule has 1 fully saturated rings. The summed E-state index contributed by atoms with van der Waals surface area (Å²) in [6.07, 6.45) is -0.131. The standard InChI is InChI=1S/C13H18F2N2O/c1-16-8-12-13(17(2)5-6-18-12)10-4-3-9(14)7-11(10)15/h3-4,7,12-13,16H,5-6,8H2,1-2H3. The molecule has 100 valence electrons. The molecule has 0 aliphatic carbocycles. The van der Waals surface area contributed by atoms with Gasteiger partial charge in [0.2, 0.25) is 0 Å². The molecule has 0 radical (unpaired) electrons. The van der Waals surface area contributed by atoms with E-state index in [1.165, 1.54) is 12.1 Å². The normalized spacial score (nSPS) is 25.3. The molecule has 0 saturated carbocycles. The van der Waals surface area contributed by atoms with Crippen molar-refractivity contribution in [1.82, 2.24) is 10.2 Å². The second-order valence-corrected chi connectivity index (χ2v) is 4.56. The Morgan fingerprint density at radius 1 is 1.44 bits per heavy atom. The third-order valence-electron chi connectivity index (χ3n) is 3.29. The molecule has 0 aromatic heterocycles. The van der Waals surface area contributed by atoms with Crippen molar-refractivity contribution in [2.75, 3.05) is 33.8 Å². The molecule has 2 rings (SSSR count). The minimum absolute atomic E-state index is 0.131. The van der Waals surface area contributed by atoms with Crippen LogP contribution in [0.3, 0.4) is 0 Å². The first kappa shape index (κ1) is 13.4. The highest BCUT2D eigenvalue weighted by Gasteiger charge is 2.32. The summed E-state index contributed by atoms with van der Waals surface area (Å²) in [7, 11) is 3.76. The summed E-state index contributed by atoms with van der Waals surface area (Å²) in [6.45, 7) is 2.00. The number of hydrogen-bond acceptors (Lipinski definition) is 3. The van der Waals surface area contributed by atoms with E-state index in [9.17, 15) is 8.78 Å². The Kier molecular flexibility index (Phi) is 4.27. The van der Waals surface area contributed by atoms with Gasteiger partial charge in [-0.25, -0.2) is 8.78 Å². The maximum atomic E-state index is 13.9. The Bertz CT molecular complexity index is 412. The zero-order chi connectivity index (χ0) is 13.1. The minimum atomic E-state index is -0.555. The average Bonchev–Trinajstić information content (AvgIpc) is 2.31. The third kappa shape index (κ3) is 2.68. The molecule has 1 aliphatic heterocycles. The fourth-order valence-electron chi connectivity index (χ4n) is 2.41. The number of nitrogens with zero attached hydrogens (tertiary/aromatic N) is 1. The molecular weight excluding hydrogens is 238 g/mol. The van der Waals surface area contributed by atoms with Crippen LogP contribution in [0.25, 0.3) is 0 Å². The number of ether oxygens (including phenoxy) is 1. The van der Waals surface area contributed by atoms with Gasteiger partial charge in [-0.05, 0) is 20.2 Å². The van der Waals surface area contributed by atoms with E-state index in [0.29, 0.717) is 18.7 Å². The predicted molar refractivity (Wildman–Crippen MR) is 65.4 cm³/mol. The molecule has 0 amide bonds. The highest BCUT2D eigenvalue weighted by Crippen LogP contribution is 2.30. The Hall–Kier alpha value is -1.04. The lowest BCUT2D eigenvalue weighted by molar-refractivity contribution is -0.0616. The molecule has 0 spiro atoms. The number of hydrogen-bond donors (Lipinski definition) is 1. The zero-order valence-electron chi connectivity index (χ0n) is 10.6. The van der Waals surface area contributed by atoms with Crippen molar-refractivity contribution in [1.29, 1.82) is 0 Å². The Labute approximate surface area is 106 Å². The molecule has 1 aliphatic rings. The van der Waals surface area contributed by atoms with Gasteiger partial charge < -0.3 is 10.1 Å². The van der Waals surface area contributed by atoms with Crippen LogP contribution in [0.5, 0.6) is 0 Å². The first-order chi connectivity index (χ1) is 8.63. The third-order valence-corrected chi connectivity index (χ3v) is 3.29. The lowest BCUT2D eigenvalue weighted by Gasteiger charge is -2.39.